The lowest BCUT2D eigenvalue weighted by molar-refractivity contribution is -0.00656. The summed E-state index contributed by atoms with van der Waals surface area (Å²) in [6.07, 6.45) is 4.56. The summed E-state index contributed by atoms with van der Waals surface area (Å²) >= 11 is 0. The normalized spacial score (nSPS) is 31.6. The van der Waals surface area contributed by atoms with Gasteiger partial charge in [-0.3, -0.25) is 0 Å². The summed E-state index contributed by atoms with van der Waals surface area (Å²) in [5, 5.41) is 9.90. The van der Waals surface area contributed by atoms with Gasteiger partial charge in [0.25, 0.3) is 0 Å². The standard InChI is InChI=1S/C11H20O/c1-8-6-5-7-10(9(8)2)11(3,4)12/h6,9-10,12H,5,7H2,1-4H3. The molecule has 0 heterocycles. The summed E-state index contributed by atoms with van der Waals surface area (Å²) in [7, 11) is 0. The first-order chi connectivity index (χ1) is 5.43. The van der Waals surface area contributed by atoms with Gasteiger partial charge in [0.05, 0.1) is 5.60 Å². The maximum Gasteiger partial charge on any atom is 0.0625 e. The zero-order chi connectivity index (χ0) is 9.35. The minimum absolute atomic E-state index is 0.433. The third-order valence-corrected chi connectivity index (χ3v) is 3.17. The van der Waals surface area contributed by atoms with Crippen LogP contribution < -0.4 is 0 Å². The third kappa shape index (κ3) is 1.89. The van der Waals surface area contributed by atoms with Crippen molar-refractivity contribution in [2.24, 2.45) is 11.8 Å². The molecule has 1 rings (SSSR count). The fraction of sp³-hybridized carbons (Fsp3) is 0.818. The molecule has 0 radical (unpaired) electrons. The Labute approximate surface area is 75.5 Å². The Bertz CT molecular complexity index is 186. The van der Waals surface area contributed by atoms with Crippen LogP contribution in [0.1, 0.15) is 40.5 Å². The van der Waals surface area contributed by atoms with Crippen molar-refractivity contribution in [2.45, 2.75) is 46.1 Å². The van der Waals surface area contributed by atoms with Crippen LogP contribution in [-0.4, -0.2) is 10.7 Å². The van der Waals surface area contributed by atoms with E-state index < -0.39 is 5.60 Å². The molecule has 1 aliphatic carbocycles. The number of hydrogen-bond donors (Lipinski definition) is 1. The average molecular weight is 168 g/mol. The molecule has 1 nitrogen and oxygen atoms in total. The van der Waals surface area contributed by atoms with E-state index in [1.165, 1.54) is 5.57 Å². The molecule has 0 aromatic carbocycles. The van der Waals surface area contributed by atoms with Gasteiger partial charge in [-0.15, -0.1) is 0 Å². The molecule has 0 amide bonds. The van der Waals surface area contributed by atoms with Crippen LogP contribution in [0, 0.1) is 11.8 Å². The highest BCUT2D eigenvalue weighted by Crippen LogP contribution is 2.36. The Hall–Kier alpha value is -0.300. The van der Waals surface area contributed by atoms with Gasteiger partial charge in [0.2, 0.25) is 0 Å². The summed E-state index contributed by atoms with van der Waals surface area (Å²) in [4.78, 5) is 0. The highest BCUT2D eigenvalue weighted by molar-refractivity contribution is 5.10. The molecular formula is C11H20O. The summed E-state index contributed by atoms with van der Waals surface area (Å²) in [6.45, 7) is 8.23. The molecule has 2 atom stereocenters. The molecular weight excluding hydrogens is 148 g/mol. The second kappa shape index (κ2) is 3.21. The molecule has 0 spiro atoms. The molecule has 12 heavy (non-hydrogen) atoms. The molecule has 1 heteroatoms. The van der Waals surface area contributed by atoms with Gasteiger partial charge in [-0.2, -0.15) is 0 Å². The van der Waals surface area contributed by atoms with Gasteiger partial charge in [0.15, 0.2) is 0 Å². The summed E-state index contributed by atoms with van der Waals surface area (Å²) in [5.74, 6) is 0.973. The minimum Gasteiger partial charge on any atom is -0.390 e. The van der Waals surface area contributed by atoms with Gasteiger partial charge in [0.1, 0.15) is 0 Å². The Balaban J connectivity index is 2.76. The van der Waals surface area contributed by atoms with Gasteiger partial charge >= 0.3 is 0 Å². The Morgan fingerprint density at radius 2 is 2.08 bits per heavy atom. The van der Waals surface area contributed by atoms with Crippen LogP contribution in [0.15, 0.2) is 11.6 Å². The van der Waals surface area contributed by atoms with E-state index in [1.54, 1.807) is 0 Å². The van der Waals surface area contributed by atoms with Gasteiger partial charge in [0, 0.05) is 0 Å². The van der Waals surface area contributed by atoms with Gasteiger partial charge in [-0.05, 0) is 45.4 Å². The number of aliphatic hydroxyl groups is 1. The van der Waals surface area contributed by atoms with Crippen molar-refractivity contribution < 1.29 is 5.11 Å². The van der Waals surface area contributed by atoms with Gasteiger partial charge in [-0.1, -0.05) is 18.6 Å². The second-order valence-electron chi connectivity index (χ2n) is 4.57. The van der Waals surface area contributed by atoms with E-state index in [0.29, 0.717) is 11.8 Å². The molecule has 0 aromatic rings. The van der Waals surface area contributed by atoms with E-state index in [0.717, 1.165) is 12.8 Å². The lowest BCUT2D eigenvalue weighted by atomic mass is 9.72. The molecule has 0 aliphatic heterocycles. The first kappa shape index (κ1) is 9.79. The van der Waals surface area contributed by atoms with Crippen LogP contribution in [0.25, 0.3) is 0 Å². The first-order valence-corrected chi connectivity index (χ1v) is 4.82. The van der Waals surface area contributed by atoms with Crippen LogP contribution in [0.3, 0.4) is 0 Å². The molecule has 1 N–H and O–H groups in total. The number of hydrogen-bond acceptors (Lipinski definition) is 1. The highest BCUT2D eigenvalue weighted by Gasteiger charge is 2.33. The van der Waals surface area contributed by atoms with E-state index >= 15 is 0 Å². The molecule has 70 valence electrons. The van der Waals surface area contributed by atoms with Crippen molar-refractivity contribution in [2.75, 3.05) is 0 Å². The smallest absolute Gasteiger partial charge is 0.0625 e. The van der Waals surface area contributed by atoms with Crippen LogP contribution in [0.5, 0.6) is 0 Å². The van der Waals surface area contributed by atoms with Gasteiger partial charge < -0.3 is 5.11 Å². The molecule has 0 aromatic heterocycles. The van der Waals surface area contributed by atoms with Crippen molar-refractivity contribution in [3.05, 3.63) is 11.6 Å². The molecule has 0 bridgehead atoms. The second-order valence-corrected chi connectivity index (χ2v) is 4.57. The molecule has 0 saturated carbocycles. The van der Waals surface area contributed by atoms with E-state index in [9.17, 15) is 5.11 Å². The zero-order valence-corrected chi connectivity index (χ0v) is 8.59. The van der Waals surface area contributed by atoms with Crippen molar-refractivity contribution in [3.8, 4) is 0 Å². The lowest BCUT2D eigenvalue weighted by Gasteiger charge is -2.37. The van der Waals surface area contributed by atoms with E-state index in [1.807, 2.05) is 13.8 Å². The van der Waals surface area contributed by atoms with Gasteiger partial charge in [-0.25, -0.2) is 0 Å². The lowest BCUT2D eigenvalue weighted by Crippen LogP contribution is -2.37. The number of allylic oxidation sites excluding steroid dienone is 2. The third-order valence-electron chi connectivity index (χ3n) is 3.17. The maximum absolute atomic E-state index is 9.90. The molecule has 0 saturated heterocycles. The van der Waals surface area contributed by atoms with Crippen molar-refractivity contribution in [3.63, 3.8) is 0 Å². The Morgan fingerprint density at radius 1 is 1.50 bits per heavy atom. The Morgan fingerprint density at radius 3 is 2.50 bits per heavy atom. The molecule has 2 unspecified atom stereocenters. The van der Waals surface area contributed by atoms with Crippen LogP contribution >= 0.6 is 0 Å². The van der Waals surface area contributed by atoms with Crippen molar-refractivity contribution >= 4 is 0 Å². The van der Waals surface area contributed by atoms with Crippen molar-refractivity contribution in [1.29, 1.82) is 0 Å². The summed E-state index contributed by atoms with van der Waals surface area (Å²) in [5.41, 5.74) is 0.919. The van der Waals surface area contributed by atoms with E-state index in [2.05, 4.69) is 19.9 Å². The monoisotopic (exact) mass is 168 g/mol. The largest absolute Gasteiger partial charge is 0.390 e. The van der Waals surface area contributed by atoms with E-state index in [-0.39, 0.29) is 0 Å². The zero-order valence-electron chi connectivity index (χ0n) is 8.59. The highest BCUT2D eigenvalue weighted by atomic mass is 16.3. The van der Waals surface area contributed by atoms with Crippen LogP contribution in [-0.2, 0) is 0 Å². The Kier molecular flexibility index (Phi) is 2.62. The van der Waals surface area contributed by atoms with Crippen LogP contribution in [0.2, 0.25) is 0 Å². The first-order valence-electron chi connectivity index (χ1n) is 4.82. The predicted molar refractivity (Wildman–Crippen MR) is 51.9 cm³/mol. The molecule has 0 fully saturated rings. The number of rotatable bonds is 1. The fourth-order valence-corrected chi connectivity index (χ4v) is 2.21. The minimum atomic E-state index is -0.519. The van der Waals surface area contributed by atoms with E-state index in [4.69, 9.17) is 0 Å². The quantitative estimate of drug-likeness (QED) is 0.597. The molecule has 1 aliphatic rings. The SMILES string of the molecule is CC1=CCCC(C(C)(C)O)C1C. The van der Waals surface area contributed by atoms with Crippen LogP contribution in [0.4, 0.5) is 0 Å². The maximum atomic E-state index is 9.90. The summed E-state index contributed by atoms with van der Waals surface area (Å²) < 4.78 is 0. The average Bonchev–Trinajstić information content (AvgIpc) is 1.92. The predicted octanol–water partition coefficient (Wildman–Crippen LogP) is 2.75. The summed E-state index contributed by atoms with van der Waals surface area (Å²) in [6, 6.07) is 0. The topological polar surface area (TPSA) is 20.2 Å². The van der Waals surface area contributed by atoms with Crippen molar-refractivity contribution in [1.82, 2.24) is 0 Å². The fourth-order valence-electron chi connectivity index (χ4n) is 2.21.